The van der Waals surface area contributed by atoms with Gasteiger partial charge >= 0.3 is 5.97 Å². The molecule has 0 atom stereocenters. The molecule has 0 bridgehead atoms. The van der Waals surface area contributed by atoms with E-state index in [-0.39, 0.29) is 0 Å². The second-order valence-corrected chi connectivity index (χ2v) is 5.12. The molecule has 2 aromatic rings. The highest BCUT2D eigenvalue weighted by molar-refractivity contribution is 9.10. The van der Waals surface area contributed by atoms with E-state index in [1.807, 2.05) is 30.3 Å². The fourth-order valence-electron chi connectivity index (χ4n) is 1.67. The molecule has 0 radical (unpaired) electrons. The van der Waals surface area contributed by atoms with Gasteiger partial charge in [-0.05, 0) is 64.8 Å². The number of benzene rings is 2. The van der Waals surface area contributed by atoms with Gasteiger partial charge in [0.05, 0.1) is 18.4 Å². The predicted molar refractivity (Wildman–Crippen MR) is 84.8 cm³/mol. The zero-order valence-electron chi connectivity index (χ0n) is 11.7. The van der Waals surface area contributed by atoms with Crippen LogP contribution in [0.1, 0.15) is 22.8 Å². The van der Waals surface area contributed by atoms with Crippen LogP contribution < -0.4 is 4.74 Å². The van der Waals surface area contributed by atoms with Gasteiger partial charge < -0.3 is 9.57 Å². The number of oxime groups is 1. The number of rotatable bonds is 4. The second-order valence-electron chi connectivity index (χ2n) is 4.26. The van der Waals surface area contributed by atoms with E-state index in [9.17, 15) is 4.79 Å². The van der Waals surface area contributed by atoms with Crippen molar-refractivity contribution in [1.29, 1.82) is 0 Å². The molecule has 0 heterocycles. The molecule has 0 saturated carbocycles. The summed E-state index contributed by atoms with van der Waals surface area (Å²) in [5, 5.41) is 3.87. The first-order valence-corrected chi connectivity index (χ1v) is 7.06. The fourth-order valence-corrected chi connectivity index (χ4v) is 2.12. The Morgan fingerprint density at radius 2 is 1.76 bits per heavy atom. The second kappa shape index (κ2) is 7.04. The van der Waals surface area contributed by atoms with Gasteiger partial charge in [-0.25, -0.2) is 4.79 Å². The standard InChI is InChI=1S/C16H14BrNO3/c1-11(12-7-9-13(20-2)10-8-12)18-21-16(19)14-5-3-4-6-15(14)17/h3-10H,1-2H3/b18-11-. The average Bonchev–Trinajstić information content (AvgIpc) is 2.52. The lowest BCUT2D eigenvalue weighted by Crippen LogP contribution is -2.04. The molecule has 21 heavy (non-hydrogen) atoms. The van der Waals surface area contributed by atoms with Gasteiger partial charge in [-0.1, -0.05) is 17.3 Å². The van der Waals surface area contributed by atoms with E-state index in [0.29, 0.717) is 15.7 Å². The highest BCUT2D eigenvalue weighted by Gasteiger charge is 2.11. The van der Waals surface area contributed by atoms with Gasteiger partial charge in [0.2, 0.25) is 0 Å². The summed E-state index contributed by atoms with van der Waals surface area (Å²) in [6, 6.07) is 14.4. The minimum Gasteiger partial charge on any atom is -0.497 e. The van der Waals surface area contributed by atoms with Crippen LogP contribution in [-0.2, 0) is 4.84 Å². The number of carbonyl (C=O) groups is 1. The first-order chi connectivity index (χ1) is 10.1. The maximum absolute atomic E-state index is 11.9. The highest BCUT2D eigenvalue weighted by Crippen LogP contribution is 2.17. The van der Waals surface area contributed by atoms with Gasteiger partial charge in [-0.2, -0.15) is 0 Å². The number of methoxy groups -OCH3 is 1. The van der Waals surface area contributed by atoms with Gasteiger partial charge in [0.1, 0.15) is 5.75 Å². The summed E-state index contributed by atoms with van der Waals surface area (Å²) in [6.45, 7) is 1.77. The van der Waals surface area contributed by atoms with Gasteiger partial charge in [0, 0.05) is 4.47 Å². The molecule has 5 heteroatoms. The van der Waals surface area contributed by atoms with E-state index < -0.39 is 5.97 Å². The van der Waals surface area contributed by atoms with E-state index >= 15 is 0 Å². The number of hydrogen-bond acceptors (Lipinski definition) is 4. The van der Waals surface area contributed by atoms with Crippen molar-refractivity contribution in [2.45, 2.75) is 6.92 Å². The molecular formula is C16H14BrNO3. The van der Waals surface area contributed by atoms with Crippen molar-refractivity contribution in [1.82, 2.24) is 0 Å². The zero-order valence-corrected chi connectivity index (χ0v) is 13.3. The van der Waals surface area contributed by atoms with Crippen molar-refractivity contribution in [3.8, 4) is 5.75 Å². The van der Waals surface area contributed by atoms with Crippen molar-refractivity contribution < 1.29 is 14.4 Å². The minimum absolute atomic E-state index is 0.434. The molecule has 0 aliphatic carbocycles. The Hall–Kier alpha value is -2.14. The molecule has 0 aliphatic rings. The third kappa shape index (κ3) is 3.92. The Morgan fingerprint density at radius 3 is 2.38 bits per heavy atom. The molecule has 0 saturated heterocycles. The van der Waals surface area contributed by atoms with Gasteiger partial charge in [-0.15, -0.1) is 0 Å². The van der Waals surface area contributed by atoms with Crippen LogP contribution in [0.3, 0.4) is 0 Å². The van der Waals surface area contributed by atoms with E-state index in [4.69, 9.17) is 9.57 Å². The number of hydrogen-bond donors (Lipinski definition) is 0. The van der Waals surface area contributed by atoms with Crippen LogP contribution in [0.2, 0.25) is 0 Å². The lowest BCUT2D eigenvalue weighted by Gasteiger charge is -2.04. The predicted octanol–water partition coefficient (Wildman–Crippen LogP) is 4.04. The lowest BCUT2D eigenvalue weighted by molar-refractivity contribution is 0.0515. The highest BCUT2D eigenvalue weighted by atomic mass is 79.9. The van der Waals surface area contributed by atoms with Crippen LogP contribution in [0.15, 0.2) is 58.2 Å². The Balaban J connectivity index is 2.09. The summed E-state index contributed by atoms with van der Waals surface area (Å²) in [6.07, 6.45) is 0. The molecule has 0 aliphatic heterocycles. The lowest BCUT2D eigenvalue weighted by atomic mass is 10.1. The molecule has 0 spiro atoms. The van der Waals surface area contributed by atoms with Crippen LogP contribution in [0.4, 0.5) is 0 Å². The van der Waals surface area contributed by atoms with Crippen LogP contribution in [-0.4, -0.2) is 18.8 Å². The van der Waals surface area contributed by atoms with Crippen LogP contribution in [0.25, 0.3) is 0 Å². The number of ether oxygens (including phenoxy) is 1. The van der Waals surface area contributed by atoms with E-state index in [0.717, 1.165) is 11.3 Å². The topological polar surface area (TPSA) is 47.9 Å². The van der Waals surface area contributed by atoms with Crippen molar-refractivity contribution in [2.75, 3.05) is 7.11 Å². The van der Waals surface area contributed by atoms with Gasteiger partial charge in [-0.3, -0.25) is 0 Å². The Labute approximate surface area is 131 Å². The zero-order chi connectivity index (χ0) is 15.2. The van der Waals surface area contributed by atoms with Crippen molar-refractivity contribution >= 4 is 27.6 Å². The Bertz CT molecular complexity index is 665. The number of carbonyl (C=O) groups excluding carboxylic acids is 1. The molecule has 0 aromatic heterocycles. The molecule has 0 amide bonds. The molecule has 0 N–H and O–H groups in total. The molecule has 2 aromatic carbocycles. The fraction of sp³-hybridized carbons (Fsp3) is 0.125. The summed E-state index contributed by atoms with van der Waals surface area (Å²) in [5.41, 5.74) is 1.90. The van der Waals surface area contributed by atoms with Crippen LogP contribution >= 0.6 is 15.9 Å². The maximum Gasteiger partial charge on any atom is 0.366 e. The largest absolute Gasteiger partial charge is 0.497 e. The summed E-state index contributed by atoms with van der Waals surface area (Å²) < 4.78 is 5.76. The summed E-state index contributed by atoms with van der Waals surface area (Å²) in [5.74, 6) is 0.257. The maximum atomic E-state index is 11.9. The third-order valence-electron chi connectivity index (χ3n) is 2.87. The quantitative estimate of drug-likeness (QED) is 0.476. The summed E-state index contributed by atoms with van der Waals surface area (Å²) >= 11 is 3.30. The van der Waals surface area contributed by atoms with Crippen LogP contribution in [0, 0.1) is 0 Å². The average molecular weight is 348 g/mol. The molecule has 0 fully saturated rings. The first kappa shape index (κ1) is 15.3. The third-order valence-corrected chi connectivity index (χ3v) is 3.56. The van der Waals surface area contributed by atoms with Crippen molar-refractivity contribution in [3.05, 3.63) is 64.1 Å². The monoisotopic (exact) mass is 347 g/mol. The molecule has 4 nitrogen and oxygen atoms in total. The summed E-state index contributed by atoms with van der Waals surface area (Å²) in [4.78, 5) is 16.9. The van der Waals surface area contributed by atoms with Gasteiger partial charge in [0.25, 0.3) is 0 Å². The molecule has 0 unspecified atom stereocenters. The SMILES string of the molecule is COc1ccc(/C(C)=N\OC(=O)c2ccccc2Br)cc1. The van der Waals surface area contributed by atoms with Crippen molar-refractivity contribution in [2.24, 2.45) is 5.16 Å². The minimum atomic E-state index is -0.504. The number of halogens is 1. The van der Waals surface area contributed by atoms with Crippen LogP contribution in [0.5, 0.6) is 5.75 Å². The van der Waals surface area contributed by atoms with E-state index in [1.54, 1.807) is 32.2 Å². The van der Waals surface area contributed by atoms with E-state index in [2.05, 4.69) is 21.1 Å². The smallest absolute Gasteiger partial charge is 0.366 e. The molecular weight excluding hydrogens is 334 g/mol. The Kier molecular flexibility index (Phi) is 5.11. The van der Waals surface area contributed by atoms with E-state index in [1.165, 1.54) is 0 Å². The normalized spacial score (nSPS) is 11.1. The molecule has 108 valence electrons. The van der Waals surface area contributed by atoms with Crippen molar-refractivity contribution in [3.63, 3.8) is 0 Å². The first-order valence-electron chi connectivity index (χ1n) is 6.26. The van der Waals surface area contributed by atoms with Gasteiger partial charge in [0.15, 0.2) is 0 Å². The Morgan fingerprint density at radius 1 is 1.10 bits per heavy atom. The number of nitrogens with zero attached hydrogens (tertiary/aromatic N) is 1. The summed E-state index contributed by atoms with van der Waals surface area (Å²) in [7, 11) is 1.61. The molecule has 2 rings (SSSR count).